The quantitative estimate of drug-likeness (QED) is 0.586. The summed E-state index contributed by atoms with van der Waals surface area (Å²) in [6, 6.07) is 0. The maximum Gasteiger partial charge on any atom is 0.188 e. The van der Waals surface area contributed by atoms with E-state index in [0.29, 0.717) is 0 Å². The van der Waals surface area contributed by atoms with Gasteiger partial charge in [0.25, 0.3) is 0 Å². The number of benzene rings is 1. The summed E-state index contributed by atoms with van der Waals surface area (Å²) in [6.07, 6.45) is 5.95. The molecule has 1 N–H and O–H groups in total. The maximum absolute atomic E-state index is 9.13. The van der Waals surface area contributed by atoms with E-state index in [1.54, 1.807) is 7.11 Å². The van der Waals surface area contributed by atoms with Gasteiger partial charge in [0.15, 0.2) is 6.79 Å². The average Bonchev–Trinajstić information content (AvgIpc) is 2.59. The van der Waals surface area contributed by atoms with E-state index in [0.717, 1.165) is 59.4 Å². The Labute approximate surface area is 151 Å². The van der Waals surface area contributed by atoms with Gasteiger partial charge in [-0.25, -0.2) is 0 Å². The summed E-state index contributed by atoms with van der Waals surface area (Å²) in [5.74, 6) is 1.95. The number of aliphatic hydroxyl groups is 1. The molecule has 1 aromatic rings. The number of hydrogen-bond acceptors (Lipinski definition) is 4. The Morgan fingerprint density at radius 3 is 2.60 bits per heavy atom. The molecule has 0 aromatic heterocycles. The lowest BCUT2D eigenvalue weighted by Crippen LogP contribution is -2.37. The molecule has 0 unspecified atom stereocenters. The molecule has 4 heteroatoms. The Morgan fingerprint density at radius 2 is 1.96 bits per heavy atom. The zero-order valence-corrected chi connectivity index (χ0v) is 16.5. The van der Waals surface area contributed by atoms with Gasteiger partial charge in [-0.05, 0) is 77.0 Å². The fraction of sp³-hybridized carbons (Fsp3) is 0.619. The summed E-state index contributed by atoms with van der Waals surface area (Å²) < 4.78 is 17.4. The van der Waals surface area contributed by atoms with E-state index in [1.807, 2.05) is 6.92 Å². The van der Waals surface area contributed by atoms with E-state index in [9.17, 15) is 0 Å². The number of fused-ring (bicyclic) bond motifs is 1. The number of allylic oxidation sites excluding steroid dienone is 1. The zero-order valence-electron chi connectivity index (χ0n) is 16.5. The van der Waals surface area contributed by atoms with Gasteiger partial charge in [-0.1, -0.05) is 11.6 Å². The van der Waals surface area contributed by atoms with Crippen molar-refractivity contribution in [2.75, 3.05) is 20.5 Å². The van der Waals surface area contributed by atoms with Crippen LogP contribution in [0.4, 0.5) is 0 Å². The highest BCUT2D eigenvalue weighted by atomic mass is 16.7. The molecule has 0 aliphatic carbocycles. The van der Waals surface area contributed by atoms with Crippen LogP contribution >= 0.6 is 0 Å². The Morgan fingerprint density at radius 1 is 1.24 bits per heavy atom. The topological polar surface area (TPSA) is 47.9 Å². The van der Waals surface area contributed by atoms with Crippen molar-refractivity contribution < 1.29 is 19.3 Å². The van der Waals surface area contributed by atoms with Crippen molar-refractivity contribution in [1.29, 1.82) is 0 Å². The van der Waals surface area contributed by atoms with Crippen molar-refractivity contribution in [2.45, 2.75) is 65.9 Å². The number of hydrogen-bond donors (Lipinski definition) is 1. The van der Waals surface area contributed by atoms with Crippen molar-refractivity contribution in [1.82, 2.24) is 0 Å². The minimum absolute atomic E-state index is 0.127. The summed E-state index contributed by atoms with van der Waals surface area (Å²) in [6.45, 7) is 10.8. The number of methoxy groups -OCH3 is 1. The third-order valence-corrected chi connectivity index (χ3v) is 5.30. The molecular formula is C21H32O4. The molecular weight excluding hydrogens is 316 g/mol. The van der Waals surface area contributed by atoms with Crippen molar-refractivity contribution in [3.63, 3.8) is 0 Å². The molecule has 140 valence electrons. The summed E-state index contributed by atoms with van der Waals surface area (Å²) in [5, 5.41) is 9.13. The lowest BCUT2D eigenvalue weighted by Gasteiger charge is -2.38. The fourth-order valence-electron chi connectivity index (χ4n) is 3.48. The summed E-state index contributed by atoms with van der Waals surface area (Å²) in [4.78, 5) is 0. The average molecular weight is 348 g/mol. The first kappa shape index (κ1) is 19.8. The molecule has 1 aliphatic rings. The zero-order chi connectivity index (χ0) is 18.6. The van der Waals surface area contributed by atoms with Crippen LogP contribution in [0.3, 0.4) is 0 Å². The molecule has 0 saturated carbocycles. The highest BCUT2D eigenvalue weighted by Gasteiger charge is 2.34. The Kier molecular flexibility index (Phi) is 6.53. The van der Waals surface area contributed by atoms with E-state index in [-0.39, 0.29) is 19.0 Å². The van der Waals surface area contributed by atoms with Crippen LogP contribution in [-0.4, -0.2) is 31.2 Å². The molecule has 0 saturated heterocycles. The van der Waals surface area contributed by atoms with Crippen LogP contribution in [-0.2, 0) is 11.2 Å². The van der Waals surface area contributed by atoms with E-state index >= 15 is 0 Å². The van der Waals surface area contributed by atoms with Crippen LogP contribution in [0.15, 0.2) is 11.6 Å². The first-order valence-corrected chi connectivity index (χ1v) is 9.03. The second-order valence-electron chi connectivity index (χ2n) is 7.36. The van der Waals surface area contributed by atoms with Crippen LogP contribution in [0.1, 0.15) is 55.4 Å². The normalized spacial score (nSPS) is 20.2. The van der Waals surface area contributed by atoms with Crippen LogP contribution in [0, 0.1) is 20.8 Å². The third kappa shape index (κ3) is 4.36. The van der Waals surface area contributed by atoms with Gasteiger partial charge < -0.3 is 19.3 Å². The Bertz CT molecular complexity index is 648. The fourth-order valence-corrected chi connectivity index (χ4v) is 3.48. The van der Waals surface area contributed by atoms with Crippen LogP contribution in [0.5, 0.6) is 11.5 Å². The van der Waals surface area contributed by atoms with Crippen LogP contribution in [0.25, 0.3) is 0 Å². The molecule has 25 heavy (non-hydrogen) atoms. The minimum Gasteiger partial charge on any atom is -0.487 e. The molecule has 0 radical (unpaired) electrons. The molecule has 0 bridgehead atoms. The standard InChI is InChI=1S/C21H32O4/c1-14(12-22)8-7-10-21(5)11-9-18-17(4)19(24-13-23-6)15(2)16(3)20(18)25-21/h8,22H,7,9-13H2,1-6H3/b14-8+/t21-/m1/s1. The molecule has 1 heterocycles. The first-order chi connectivity index (χ1) is 11.8. The summed E-state index contributed by atoms with van der Waals surface area (Å²) in [5.41, 5.74) is 5.54. The van der Waals surface area contributed by atoms with Crippen molar-refractivity contribution in [3.8, 4) is 11.5 Å². The lowest BCUT2D eigenvalue weighted by molar-refractivity contribution is 0.0466. The largest absolute Gasteiger partial charge is 0.487 e. The maximum atomic E-state index is 9.13. The van der Waals surface area contributed by atoms with Crippen molar-refractivity contribution in [3.05, 3.63) is 33.9 Å². The first-order valence-electron chi connectivity index (χ1n) is 9.03. The molecule has 0 spiro atoms. The highest BCUT2D eigenvalue weighted by Crippen LogP contribution is 2.44. The third-order valence-electron chi connectivity index (χ3n) is 5.30. The van der Waals surface area contributed by atoms with Gasteiger partial charge in [-0.2, -0.15) is 0 Å². The van der Waals surface area contributed by atoms with Crippen molar-refractivity contribution in [2.24, 2.45) is 0 Å². The SMILES string of the molecule is COCOc1c(C)c(C)c2c(c1C)CC[C@@](C)(CC/C=C(\C)CO)O2. The van der Waals surface area contributed by atoms with Crippen molar-refractivity contribution >= 4 is 0 Å². The van der Waals surface area contributed by atoms with Crippen LogP contribution < -0.4 is 9.47 Å². The molecule has 2 rings (SSSR count). The summed E-state index contributed by atoms with van der Waals surface area (Å²) in [7, 11) is 1.64. The molecule has 1 aromatic carbocycles. The van der Waals surface area contributed by atoms with Gasteiger partial charge >= 0.3 is 0 Å². The van der Waals surface area contributed by atoms with E-state index in [4.69, 9.17) is 19.3 Å². The van der Waals surface area contributed by atoms with E-state index < -0.39 is 0 Å². The molecule has 1 atom stereocenters. The van der Waals surface area contributed by atoms with Gasteiger partial charge in [0.1, 0.15) is 17.1 Å². The Hall–Kier alpha value is -1.52. The summed E-state index contributed by atoms with van der Waals surface area (Å²) >= 11 is 0. The number of rotatable bonds is 7. The molecule has 1 aliphatic heterocycles. The smallest absolute Gasteiger partial charge is 0.188 e. The Balaban J connectivity index is 2.25. The van der Waals surface area contributed by atoms with Crippen LogP contribution in [0.2, 0.25) is 0 Å². The van der Waals surface area contributed by atoms with E-state index in [1.165, 1.54) is 5.56 Å². The minimum atomic E-state index is -0.169. The van der Waals surface area contributed by atoms with Gasteiger partial charge in [-0.3, -0.25) is 0 Å². The van der Waals surface area contributed by atoms with E-state index in [2.05, 4.69) is 33.8 Å². The molecule has 0 fully saturated rings. The highest BCUT2D eigenvalue weighted by molar-refractivity contribution is 5.59. The predicted octanol–water partition coefficient (Wildman–Crippen LogP) is 4.40. The predicted molar refractivity (Wildman–Crippen MR) is 101 cm³/mol. The second-order valence-corrected chi connectivity index (χ2v) is 7.36. The van der Waals surface area contributed by atoms with Gasteiger partial charge in [-0.15, -0.1) is 0 Å². The molecule has 0 amide bonds. The van der Waals surface area contributed by atoms with Gasteiger partial charge in [0.2, 0.25) is 0 Å². The van der Waals surface area contributed by atoms with Gasteiger partial charge in [0, 0.05) is 12.7 Å². The monoisotopic (exact) mass is 348 g/mol. The van der Waals surface area contributed by atoms with Gasteiger partial charge in [0.05, 0.1) is 6.61 Å². The number of aliphatic hydroxyl groups excluding tert-OH is 1. The molecule has 4 nitrogen and oxygen atoms in total. The lowest BCUT2D eigenvalue weighted by atomic mass is 9.85. The second kappa shape index (κ2) is 8.24. The number of ether oxygens (including phenoxy) is 3.